The number of nitrogens with one attached hydrogen (secondary N) is 3. The first kappa shape index (κ1) is 22.1. The molecule has 1 fully saturated rings. The molecular formula is C19H30N4O5. The Balaban J connectivity index is 1.75. The van der Waals surface area contributed by atoms with Gasteiger partial charge in [-0.25, -0.2) is 4.79 Å². The van der Waals surface area contributed by atoms with Crippen LogP contribution in [0.25, 0.3) is 0 Å². The fourth-order valence-electron chi connectivity index (χ4n) is 2.84. The van der Waals surface area contributed by atoms with Crippen LogP contribution in [0.15, 0.2) is 24.3 Å². The summed E-state index contributed by atoms with van der Waals surface area (Å²) in [5, 5.41) is 28.3. The first-order valence-electron chi connectivity index (χ1n) is 9.31. The minimum Gasteiger partial charge on any atom is -0.388 e. The molecule has 0 radical (unpaired) electrons. The van der Waals surface area contributed by atoms with Gasteiger partial charge in [0.25, 0.3) is 0 Å². The minimum absolute atomic E-state index is 0.00860. The second kappa shape index (κ2) is 10.4. The Bertz CT molecular complexity index is 652. The molecule has 28 heavy (non-hydrogen) atoms. The molecule has 1 aromatic rings. The lowest BCUT2D eigenvalue weighted by Crippen LogP contribution is -2.41. The summed E-state index contributed by atoms with van der Waals surface area (Å²) in [6, 6.07) is 6.88. The molecule has 156 valence electrons. The molecule has 0 aromatic heterocycles. The molecule has 4 atom stereocenters. The molecule has 1 aliphatic rings. The van der Waals surface area contributed by atoms with Crippen molar-refractivity contribution < 1.29 is 24.5 Å². The third-order valence-corrected chi connectivity index (χ3v) is 4.50. The van der Waals surface area contributed by atoms with E-state index in [-0.39, 0.29) is 18.9 Å². The molecule has 0 bridgehead atoms. The summed E-state index contributed by atoms with van der Waals surface area (Å²) in [6.45, 7) is 3.15. The molecule has 9 heteroatoms. The molecular weight excluding hydrogens is 364 g/mol. The van der Waals surface area contributed by atoms with Gasteiger partial charge in [-0.05, 0) is 33.2 Å². The number of nitrogens with zero attached hydrogens (tertiary/aromatic N) is 1. The zero-order valence-electron chi connectivity index (χ0n) is 16.5. The van der Waals surface area contributed by atoms with Crippen LogP contribution in [0.1, 0.15) is 12.0 Å². The van der Waals surface area contributed by atoms with Gasteiger partial charge < -0.3 is 35.8 Å². The predicted octanol–water partition coefficient (Wildman–Crippen LogP) is -0.326. The number of benzene rings is 1. The number of likely N-dealkylation sites (N-methyl/N-ethyl adjacent to an activating group) is 1. The number of hydrogen-bond acceptors (Lipinski definition) is 6. The maximum Gasteiger partial charge on any atom is 0.319 e. The van der Waals surface area contributed by atoms with Gasteiger partial charge in [-0.1, -0.05) is 17.7 Å². The summed E-state index contributed by atoms with van der Waals surface area (Å²) in [5.41, 5.74) is 1.72. The van der Waals surface area contributed by atoms with E-state index in [2.05, 4.69) is 16.0 Å². The molecule has 0 aliphatic carbocycles. The van der Waals surface area contributed by atoms with Gasteiger partial charge in [-0.2, -0.15) is 0 Å². The van der Waals surface area contributed by atoms with E-state index in [0.717, 1.165) is 5.56 Å². The van der Waals surface area contributed by atoms with E-state index in [1.807, 2.05) is 38.1 Å². The van der Waals surface area contributed by atoms with E-state index >= 15 is 0 Å². The number of ether oxygens (including phenoxy) is 1. The van der Waals surface area contributed by atoms with E-state index in [1.54, 1.807) is 12.1 Å². The van der Waals surface area contributed by atoms with Crippen LogP contribution < -0.4 is 16.0 Å². The van der Waals surface area contributed by atoms with Gasteiger partial charge in [0.15, 0.2) is 0 Å². The molecule has 2 rings (SSSR count). The average Bonchev–Trinajstić information content (AvgIpc) is 2.89. The number of hydrogen-bond donors (Lipinski definition) is 5. The minimum atomic E-state index is -1.19. The Morgan fingerprint density at radius 2 is 1.71 bits per heavy atom. The molecule has 1 aliphatic heterocycles. The zero-order chi connectivity index (χ0) is 20.7. The van der Waals surface area contributed by atoms with Crippen molar-refractivity contribution in [3.8, 4) is 0 Å². The maximum atomic E-state index is 12.0. The third-order valence-electron chi connectivity index (χ3n) is 4.50. The van der Waals surface area contributed by atoms with Crippen molar-refractivity contribution in [2.75, 3.05) is 39.0 Å². The summed E-state index contributed by atoms with van der Waals surface area (Å²) >= 11 is 0. The zero-order valence-corrected chi connectivity index (χ0v) is 16.5. The van der Waals surface area contributed by atoms with E-state index in [1.165, 1.54) is 0 Å². The smallest absolute Gasteiger partial charge is 0.319 e. The lowest BCUT2D eigenvalue weighted by atomic mass is 10.1. The highest BCUT2D eigenvalue weighted by molar-refractivity contribution is 5.89. The van der Waals surface area contributed by atoms with Gasteiger partial charge in [0.05, 0.1) is 12.5 Å². The predicted molar refractivity (Wildman–Crippen MR) is 105 cm³/mol. The average molecular weight is 394 g/mol. The monoisotopic (exact) mass is 394 g/mol. The van der Waals surface area contributed by atoms with Crippen molar-refractivity contribution >= 4 is 17.6 Å². The van der Waals surface area contributed by atoms with Crippen molar-refractivity contribution in [3.05, 3.63) is 29.8 Å². The molecule has 9 nitrogen and oxygen atoms in total. The Labute approximate surface area is 165 Å². The van der Waals surface area contributed by atoms with Crippen LogP contribution >= 0.6 is 0 Å². The number of anilines is 1. The molecule has 4 unspecified atom stereocenters. The van der Waals surface area contributed by atoms with Crippen LogP contribution in [0, 0.1) is 6.92 Å². The maximum absolute atomic E-state index is 12.0. The SMILES string of the molecule is Cc1ccc(NC(=O)NCC2OC(CC(=O)NCCN(C)C)C(O)C2O)cc1. The van der Waals surface area contributed by atoms with Crippen LogP contribution in [0.5, 0.6) is 0 Å². The number of urea groups is 1. The van der Waals surface area contributed by atoms with Gasteiger partial charge in [0, 0.05) is 25.3 Å². The summed E-state index contributed by atoms with van der Waals surface area (Å²) in [7, 11) is 3.80. The van der Waals surface area contributed by atoms with E-state index in [9.17, 15) is 19.8 Å². The Morgan fingerprint density at radius 3 is 2.36 bits per heavy atom. The first-order valence-corrected chi connectivity index (χ1v) is 9.31. The van der Waals surface area contributed by atoms with Crippen LogP contribution in [0.3, 0.4) is 0 Å². The van der Waals surface area contributed by atoms with Gasteiger partial charge >= 0.3 is 6.03 Å². The van der Waals surface area contributed by atoms with Crippen molar-refractivity contribution in [1.29, 1.82) is 0 Å². The van der Waals surface area contributed by atoms with Gasteiger partial charge in [0.1, 0.15) is 18.3 Å². The molecule has 0 spiro atoms. The van der Waals surface area contributed by atoms with Crippen LogP contribution in [0.2, 0.25) is 0 Å². The van der Waals surface area contributed by atoms with Gasteiger partial charge in [-0.3, -0.25) is 4.79 Å². The standard InChI is InChI=1S/C19H30N4O5/c1-12-4-6-13(7-5-12)22-19(27)21-11-15-18(26)17(25)14(28-15)10-16(24)20-8-9-23(2)3/h4-7,14-15,17-18,25-26H,8-11H2,1-3H3,(H,20,24)(H2,21,22,27). The molecule has 1 aromatic carbocycles. The molecule has 3 amide bonds. The van der Waals surface area contributed by atoms with Crippen molar-refractivity contribution in [1.82, 2.24) is 15.5 Å². The van der Waals surface area contributed by atoms with Gasteiger partial charge in [0.2, 0.25) is 5.91 Å². The second-order valence-corrected chi connectivity index (χ2v) is 7.25. The quantitative estimate of drug-likeness (QED) is 0.412. The third kappa shape index (κ3) is 6.75. The first-order chi connectivity index (χ1) is 13.3. The summed E-state index contributed by atoms with van der Waals surface area (Å²) in [6.07, 6.45) is -4.04. The van der Waals surface area contributed by atoms with Crippen LogP contribution in [-0.2, 0) is 9.53 Å². The summed E-state index contributed by atoms with van der Waals surface area (Å²) in [4.78, 5) is 25.9. The van der Waals surface area contributed by atoms with Crippen LogP contribution in [0.4, 0.5) is 10.5 Å². The Hall–Kier alpha value is -2.20. The Morgan fingerprint density at radius 1 is 1.07 bits per heavy atom. The number of carbonyl (C=O) groups is 2. The number of carbonyl (C=O) groups excluding carboxylic acids is 2. The topological polar surface area (TPSA) is 123 Å². The fourth-order valence-corrected chi connectivity index (χ4v) is 2.84. The lowest BCUT2D eigenvalue weighted by molar-refractivity contribution is -0.125. The van der Waals surface area contributed by atoms with Crippen LogP contribution in [-0.4, -0.2) is 85.2 Å². The van der Waals surface area contributed by atoms with E-state index < -0.39 is 30.4 Å². The largest absolute Gasteiger partial charge is 0.388 e. The molecule has 5 N–H and O–H groups in total. The lowest BCUT2D eigenvalue weighted by Gasteiger charge is -2.16. The van der Waals surface area contributed by atoms with E-state index in [4.69, 9.17) is 4.74 Å². The highest BCUT2D eigenvalue weighted by atomic mass is 16.5. The van der Waals surface area contributed by atoms with Gasteiger partial charge in [-0.15, -0.1) is 0 Å². The number of rotatable bonds is 8. The normalized spacial score (nSPS) is 24.2. The van der Waals surface area contributed by atoms with E-state index in [0.29, 0.717) is 18.8 Å². The molecule has 0 saturated carbocycles. The highest BCUT2D eigenvalue weighted by Gasteiger charge is 2.43. The summed E-state index contributed by atoms with van der Waals surface area (Å²) < 4.78 is 5.59. The molecule has 1 saturated heterocycles. The number of amides is 3. The molecule has 1 heterocycles. The van der Waals surface area contributed by atoms with Crippen molar-refractivity contribution in [2.24, 2.45) is 0 Å². The fraction of sp³-hybridized carbons (Fsp3) is 0.579. The number of aryl methyl sites for hydroxylation is 1. The Kier molecular flexibility index (Phi) is 8.18. The highest BCUT2D eigenvalue weighted by Crippen LogP contribution is 2.23. The summed E-state index contributed by atoms with van der Waals surface area (Å²) in [5.74, 6) is -0.260. The van der Waals surface area contributed by atoms with Crippen molar-refractivity contribution in [2.45, 2.75) is 37.8 Å². The number of aliphatic hydroxyl groups excluding tert-OH is 2. The van der Waals surface area contributed by atoms with Crippen molar-refractivity contribution in [3.63, 3.8) is 0 Å². The second-order valence-electron chi connectivity index (χ2n) is 7.25. The number of aliphatic hydroxyl groups is 2.